The number of hydrogen-bond acceptors (Lipinski definition) is 4. The maximum Gasteiger partial charge on any atom is 0.409 e. The van der Waals surface area contributed by atoms with Crippen LogP contribution in [0.15, 0.2) is 0 Å². The van der Waals surface area contributed by atoms with Gasteiger partial charge in [0.1, 0.15) is 0 Å². The average molecular weight is 176 g/mol. The molecule has 12 heavy (non-hydrogen) atoms. The van der Waals surface area contributed by atoms with Crippen molar-refractivity contribution in [2.45, 2.75) is 6.04 Å². The van der Waals surface area contributed by atoms with E-state index < -0.39 is 0 Å². The van der Waals surface area contributed by atoms with E-state index in [1.54, 1.807) is 14.2 Å². The van der Waals surface area contributed by atoms with Gasteiger partial charge in [0.05, 0.1) is 13.7 Å². The lowest BCUT2D eigenvalue weighted by Crippen LogP contribution is -2.41. The summed E-state index contributed by atoms with van der Waals surface area (Å²) in [5, 5.41) is 0. The molecule has 0 radical (unpaired) electrons. The molecule has 0 aliphatic heterocycles. The van der Waals surface area contributed by atoms with Gasteiger partial charge < -0.3 is 20.1 Å². The van der Waals surface area contributed by atoms with Crippen molar-refractivity contribution >= 4 is 6.09 Å². The minimum absolute atomic E-state index is 0.168. The highest BCUT2D eigenvalue weighted by atomic mass is 16.5. The van der Waals surface area contributed by atoms with Crippen molar-refractivity contribution in [3.05, 3.63) is 0 Å². The van der Waals surface area contributed by atoms with Gasteiger partial charge in [-0.1, -0.05) is 0 Å². The summed E-state index contributed by atoms with van der Waals surface area (Å²) in [4.78, 5) is 12.3. The molecule has 0 heterocycles. The van der Waals surface area contributed by atoms with E-state index >= 15 is 0 Å². The molecular formula is C7H16N2O3. The number of carbonyl (C=O) groups excluding carboxylic acids is 1. The molecule has 1 amide bonds. The Kier molecular flexibility index (Phi) is 5.40. The molecule has 0 aromatic carbocycles. The molecule has 5 heteroatoms. The van der Waals surface area contributed by atoms with Gasteiger partial charge in [-0.3, -0.25) is 0 Å². The van der Waals surface area contributed by atoms with Crippen molar-refractivity contribution in [2.75, 3.05) is 34.4 Å². The van der Waals surface area contributed by atoms with Gasteiger partial charge in [-0.15, -0.1) is 0 Å². The number of nitrogens with two attached hydrogens (primary N) is 1. The second-order valence-corrected chi connectivity index (χ2v) is 2.57. The number of methoxy groups -OCH3 is 2. The SMILES string of the molecule is COCC(N)CN(C)C(=O)OC. The van der Waals surface area contributed by atoms with E-state index in [2.05, 4.69) is 4.74 Å². The van der Waals surface area contributed by atoms with E-state index in [-0.39, 0.29) is 12.1 Å². The Morgan fingerprint density at radius 3 is 2.58 bits per heavy atom. The molecule has 0 saturated heterocycles. The fourth-order valence-corrected chi connectivity index (χ4v) is 0.849. The van der Waals surface area contributed by atoms with Crippen LogP contribution in [0.4, 0.5) is 4.79 Å². The van der Waals surface area contributed by atoms with Crippen LogP contribution in [-0.4, -0.2) is 51.5 Å². The van der Waals surface area contributed by atoms with Gasteiger partial charge >= 0.3 is 6.09 Å². The van der Waals surface area contributed by atoms with Crippen molar-refractivity contribution in [3.63, 3.8) is 0 Å². The Morgan fingerprint density at radius 1 is 1.58 bits per heavy atom. The Labute approximate surface area is 72.4 Å². The predicted molar refractivity (Wildman–Crippen MR) is 44.9 cm³/mol. The second kappa shape index (κ2) is 5.79. The molecule has 0 spiro atoms. The number of nitrogens with zero attached hydrogens (tertiary/aromatic N) is 1. The standard InChI is InChI=1S/C7H16N2O3/c1-9(7(10)12-3)4-6(8)5-11-2/h6H,4-5,8H2,1-3H3. The second-order valence-electron chi connectivity index (χ2n) is 2.57. The smallest absolute Gasteiger partial charge is 0.409 e. The van der Waals surface area contributed by atoms with E-state index in [0.29, 0.717) is 13.2 Å². The van der Waals surface area contributed by atoms with Crippen LogP contribution in [-0.2, 0) is 9.47 Å². The third-order valence-corrected chi connectivity index (χ3v) is 1.38. The Hall–Kier alpha value is -0.810. The zero-order valence-corrected chi connectivity index (χ0v) is 7.74. The highest BCUT2D eigenvalue weighted by Crippen LogP contribution is 1.90. The lowest BCUT2D eigenvalue weighted by Gasteiger charge is -2.19. The Morgan fingerprint density at radius 2 is 2.17 bits per heavy atom. The molecule has 0 aromatic rings. The van der Waals surface area contributed by atoms with Crippen LogP contribution in [0.1, 0.15) is 0 Å². The van der Waals surface area contributed by atoms with E-state index in [9.17, 15) is 4.79 Å². The normalized spacial score (nSPS) is 12.3. The maximum atomic E-state index is 10.9. The number of ether oxygens (including phenoxy) is 2. The van der Waals surface area contributed by atoms with Crippen molar-refractivity contribution in [1.82, 2.24) is 4.90 Å². The summed E-state index contributed by atoms with van der Waals surface area (Å²) in [6, 6.07) is -0.168. The minimum Gasteiger partial charge on any atom is -0.453 e. The van der Waals surface area contributed by atoms with Gasteiger partial charge in [0.2, 0.25) is 0 Å². The zero-order chi connectivity index (χ0) is 9.56. The first kappa shape index (κ1) is 11.2. The van der Waals surface area contributed by atoms with Crippen LogP contribution in [0.5, 0.6) is 0 Å². The van der Waals surface area contributed by atoms with Gasteiger partial charge in [-0.05, 0) is 0 Å². The number of likely N-dealkylation sites (N-methyl/N-ethyl adjacent to an activating group) is 1. The molecule has 0 bridgehead atoms. The summed E-state index contributed by atoms with van der Waals surface area (Å²) in [5.74, 6) is 0. The van der Waals surface area contributed by atoms with Crippen molar-refractivity contribution in [2.24, 2.45) is 5.73 Å². The van der Waals surface area contributed by atoms with Gasteiger partial charge in [0.15, 0.2) is 0 Å². The van der Waals surface area contributed by atoms with E-state index in [1.165, 1.54) is 12.0 Å². The number of carbonyl (C=O) groups is 1. The molecule has 0 aliphatic carbocycles. The van der Waals surface area contributed by atoms with Crippen LogP contribution < -0.4 is 5.73 Å². The molecule has 2 N–H and O–H groups in total. The highest BCUT2D eigenvalue weighted by molar-refractivity contribution is 5.66. The fraction of sp³-hybridized carbons (Fsp3) is 0.857. The van der Waals surface area contributed by atoms with Crippen LogP contribution in [0.25, 0.3) is 0 Å². The van der Waals surface area contributed by atoms with Crippen LogP contribution in [0.2, 0.25) is 0 Å². The van der Waals surface area contributed by atoms with Gasteiger partial charge in [0.25, 0.3) is 0 Å². The van der Waals surface area contributed by atoms with Crippen molar-refractivity contribution < 1.29 is 14.3 Å². The monoisotopic (exact) mass is 176 g/mol. The predicted octanol–water partition coefficient (Wildman–Crippen LogP) is -0.342. The number of amides is 1. The molecule has 0 aliphatic rings. The molecule has 72 valence electrons. The molecule has 0 rings (SSSR count). The van der Waals surface area contributed by atoms with E-state index in [0.717, 1.165) is 0 Å². The molecule has 5 nitrogen and oxygen atoms in total. The lowest BCUT2D eigenvalue weighted by atomic mass is 10.3. The summed E-state index contributed by atoms with van der Waals surface area (Å²) < 4.78 is 9.30. The molecule has 0 saturated carbocycles. The van der Waals surface area contributed by atoms with E-state index in [1.807, 2.05) is 0 Å². The largest absolute Gasteiger partial charge is 0.453 e. The van der Waals surface area contributed by atoms with Crippen molar-refractivity contribution in [1.29, 1.82) is 0 Å². The molecule has 1 atom stereocenters. The first-order valence-electron chi connectivity index (χ1n) is 3.65. The quantitative estimate of drug-likeness (QED) is 0.636. The topological polar surface area (TPSA) is 64.8 Å². The van der Waals surface area contributed by atoms with Gasteiger partial charge in [-0.25, -0.2) is 4.79 Å². The molecule has 1 unspecified atom stereocenters. The first-order valence-corrected chi connectivity index (χ1v) is 3.65. The average Bonchev–Trinajstić information content (AvgIpc) is 2.03. The van der Waals surface area contributed by atoms with Gasteiger partial charge in [0, 0.05) is 26.7 Å². The molecule has 0 fully saturated rings. The van der Waals surface area contributed by atoms with Gasteiger partial charge in [-0.2, -0.15) is 0 Å². The van der Waals surface area contributed by atoms with Crippen LogP contribution in [0, 0.1) is 0 Å². The summed E-state index contributed by atoms with van der Waals surface area (Å²) >= 11 is 0. The van der Waals surface area contributed by atoms with Crippen molar-refractivity contribution in [3.8, 4) is 0 Å². The summed E-state index contributed by atoms with van der Waals surface area (Å²) in [6.45, 7) is 0.863. The van der Waals surface area contributed by atoms with E-state index in [4.69, 9.17) is 10.5 Å². The number of hydrogen-bond donors (Lipinski definition) is 1. The minimum atomic E-state index is -0.387. The Bertz CT molecular complexity index is 141. The number of rotatable bonds is 4. The zero-order valence-electron chi connectivity index (χ0n) is 7.74. The van der Waals surface area contributed by atoms with Crippen LogP contribution in [0.3, 0.4) is 0 Å². The third-order valence-electron chi connectivity index (χ3n) is 1.38. The maximum absolute atomic E-state index is 10.9. The fourth-order valence-electron chi connectivity index (χ4n) is 0.849. The van der Waals surface area contributed by atoms with Crippen LogP contribution >= 0.6 is 0 Å². The lowest BCUT2D eigenvalue weighted by molar-refractivity contribution is 0.120. The first-order chi connectivity index (χ1) is 5.61. The third kappa shape index (κ3) is 4.15. The molecular weight excluding hydrogens is 160 g/mol. The Balaban J connectivity index is 3.67. The highest BCUT2D eigenvalue weighted by Gasteiger charge is 2.11. The summed E-state index contributed by atoms with van der Waals surface area (Å²) in [7, 11) is 4.53. The summed E-state index contributed by atoms with van der Waals surface area (Å²) in [5.41, 5.74) is 5.60. The summed E-state index contributed by atoms with van der Waals surface area (Å²) in [6.07, 6.45) is -0.387. The molecule has 0 aromatic heterocycles.